The third kappa shape index (κ3) is 3.61. The van der Waals surface area contributed by atoms with Gasteiger partial charge in [0.1, 0.15) is 6.10 Å². The number of benzene rings is 2. The van der Waals surface area contributed by atoms with E-state index >= 15 is 0 Å². The van der Waals surface area contributed by atoms with E-state index in [4.69, 9.17) is 4.74 Å². The van der Waals surface area contributed by atoms with Crippen LogP contribution < -0.4 is 10.1 Å². The monoisotopic (exact) mass is 287 g/mol. The highest BCUT2D eigenvalue weighted by atomic mass is 19.1. The van der Waals surface area contributed by atoms with E-state index in [1.807, 2.05) is 38.2 Å². The fraction of sp³-hybridized carbons (Fsp3) is 0.333. The molecular formula is C18H22FNO. The Bertz CT molecular complexity index is 571. The molecule has 0 aliphatic rings. The van der Waals surface area contributed by atoms with Gasteiger partial charge in [0, 0.05) is 0 Å². The second-order valence-corrected chi connectivity index (χ2v) is 5.13. The molecule has 0 heterocycles. The average molecular weight is 287 g/mol. The lowest BCUT2D eigenvalue weighted by atomic mass is 9.99. The Balaban J connectivity index is 2.24. The molecule has 3 heteroatoms. The molecule has 0 amide bonds. The van der Waals surface area contributed by atoms with Crippen molar-refractivity contribution in [2.45, 2.75) is 32.4 Å². The summed E-state index contributed by atoms with van der Waals surface area (Å²) in [5.74, 6) is 0.0388. The first-order chi connectivity index (χ1) is 10.2. The van der Waals surface area contributed by atoms with Crippen molar-refractivity contribution in [2.75, 3.05) is 7.05 Å². The van der Waals surface area contributed by atoms with Crippen molar-refractivity contribution in [3.8, 4) is 5.75 Å². The van der Waals surface area contributed by atoms with E-state index in [0.29, 0.717) is 11.3 Å². The zero-order chi connectivity index (χ0) is 15.2. The van der Waals surface area contributed by atoms with Crippen LogP contribution in [-0.4, -0.2) is 13.2 Å². The van der Waals surface area contributed by atoms with Crippen molar-refractivity contribution in [2.24, 2.45) is 0 Å². The summed E-state index contributed by atoms with van der Waals surface area (Å²) in [5.41, 5.74) is 1.74. The fourth-order valence-electron chi connectivity index (χ4n) is 2.49. The lowest BCUT2D eigenvalue weighted by Crippen LogP contribution is -2.33. The first-order valence-electron chi connectivity index (χ1n) is 7.31. The molecule has 0 fully saturated rings. The summed E-state index contributed by atoms with van der Waals surface area (Å²) in [6, 6.07) is 15.4. The van der Waals surface area contributed by atoms with Gasteiger partial charge in [-0.05, 0) is 37.6 Å². The van der Waals surface area contributed by atoms with Crippen molar-refractivity contribution in [3.05, 3.63) is 65.5 Å². The zero-order valence-electron chi connectivity index (χ0n) is 12.8. The predicted molar refractivity (Wildman–Crippen MR) is 84.1 cm³/mol. The first kappa shape index (κ1) is 15.5. The number of hydrogen-bond acceptors (Lipinski definition) is 2. The van der Waals surface area contributed by atoms with Crippen LogP contribution in [0.4, 0.5) is 4.39 Å². The third-order valence-corrected chi connectivity index (χ3v) is 3.68. The van der Waals surface area contributed by atoms with Crippen molar-refractivity contribution in [1.82, 2.24) is 5.32 Å². The van der Waals surface area contributed by atoms with E-state index in [1.54, 1.807) is 19.1 Å². The molecule has 112 valence electrons. The second-order valence-electron chi connectivity index (χ2n) is 5.13. The minimum absolute atomic E-state index is 0.0242. The summed E-state index contributed by atoms with van der Waals surface area (Å²) >= 11 is 0. The number of halogens is 1. The topological polar surface area (TPSA) is 21.3 Å². The third-order valence-electron chi connectivity index (χ3n) is 3.68. The summed E-state index contributed by atoms with van der Waals surface area (Å²) in [5, 5.41) is 3.28. The Morgan fingerprint density at radius 3 is 2.43 bits per heavy atom. The average Bonchev–Trinajstić information content (AvgIpc) is 2.52. The highest BCUT2D eigenvalue weighted by Crippen LogP contribution is 2.27. The van der Waals surface area contributed by atoms with Crippen molar-refractivity contribution in [3.63, 3.8) is 0 Å². The molecule has 0 saturated heterocycles. The predicted octanol–water partition coefficient (Wildman–Crippen LogP) is 4.25. The molecule has 1 N–H and O–H groups in total. The minimum Gasteiger partial charge on any atom is -0.485 e. The Kier molecular flexibility index (Phi) is 5.34. The Hall–Kier alpha value is -1.87. The smallest absolute Gasteiger partial charge is 0.167 e. The maximum atomic E-state index is 14.1. The van der Waals surface area contributed by atoms with E-state index in [2.05, 4.69) is 17.4 Å². The van der Waals surface area contributed by atoms with Crippen LogP contribution in [0.15, 0.2) is 48.5 Å². The normalized spacial score (nSPS) is 13.7. The van der Waals surface area contributed by atoms with Crippen molar-refractivity contribution < 1.29 is 9.13 Å². The van der Waals surface area contributed by atoms with Crippen LogP contribution in [0, 0.1) is 12.7 Å². The van der Waals surface area contributed by atoms with Crippen molar-refractivity contribution >= 4 is 0 Å². The molecule has 2 unspecified atom stereocenters. The van der Waals surface area contributed by atoms with Gasteiger partial charge in [0.15, 0.2) is 11.6 Å². The van der Waals surface area contributed by atoms with Gasteiger partial charge in [-0.3, -0.25) is 0 Å². The van der Waals surface area contributed by atoms with Crippen LogP contribution in [0.25, 0.3) is 0 Å². The molecule has 0 bridgehead atoms. The lowest BCUT2D eigenvalue weighted by molar-refractivity contribution is 0.146. The van der Waals surface area contributed by atoms with Gasteiger partial charge in [-0.2, -0.15) is 0 Å². The Morgan fingerprint density at radius 2 is 1.81 bits per heavy atom. The molecule has 2 nitrogen and oxygen atoms in total. The molecule has 0 radical (unpaired) electrons. The molecule has 0 aromatic heterocycles. The van der Waals surface area contributed by atoms with Gasteiger partial charge in [-0.15, -0.1) is 0 Å². The molecular weight excluding hydrogens is 265 g/mol. The van der Waals surface area contributed by atoms with Crippen LogP contribution in [0.1, 0.15) is 30.5 Å². The van der Waals surface area contributed by atoms with Gasteiger partial charge >= 0.3 is 0 Å². The Morgan fingerprint density at radius 1 is 1.10 bits per heavy atom. The molecule has 2 rings (SSSR count). The first-order valence-corrected chi connectivity index (χ1v) is 7.31. The molecule has 2 aromatic rings. The highest BCUT2D eigenvalue weighted by molar-refractivity contribution is 5.31. The number of hydrogen-bond donors (Lipinski definition) is 1. The fourth-order valence-corrected chi connectivity index (χ4v) is 2.49. The molecule has 21 heavy (non-hydrogen) atoms. The zero-order valence-corrected chi connectivity index (χ0v) is 12.8. The highest BCUT2D eigenvalue weighted by Gasteiger charge is 2.23. The van der Waals surface area contributed by atoms with E-state index < -0.39 is 0 Å². The largest absolute Gasteiger partial charge is 0.485 e. The van der Waals surface area contributed by atoms with Crippen LogP contribution in [0.2, 0.25) is 0 Å². The number of aryl methyl sites for hydroxylation is 1. The molecule has 0 aliphatic carbocycles. The maximum Gasteiger partial charge on any atom is 0.167 e. The van der Waals surface area contributed by atoms with E-state index in [1.165, 1.54) is 0 Å². The van der Waals surface area contributed by atoms with Crippen LogP contribution in [-0.2, 0) is 0 Å². The SMILES string of the molecule is CCC(Oc1cccc(C)c1F)C(NC)c1ccccc1. The molecule has 2 atom stereocenters. The van der Waals surface area contributed by atoms with Gasteiger partial charge in [0.2, 0.25) is 0 Å². The van der Waals surface area contributed by atoms with Crippen LogP contribution in [0.5, 0.6) is 5.75 Å². The molecule has 0 aliphatic heterocycles. The standard InChI is InChI=1S/C18H22FNO/c1-4-15(18(20-3)14-10-6-5-7-11-14)21-16-12-8-9-13(2)17(16)19/h5-12,15,18,20H,4H2,1-3H3. The molecule has 0 saturated carbocycles. The summed E-state index contributed by atoms with van der Waals surface area (Å²) in [7, 11) is 1.90. The maximum absolute atomic E-state index is 14.1. The quantitative estimate of drug-likeness (QED) is 0.857. The summed E-state index contributed by atoms with van der Waals surface area (Å²) in [6.45, 7) is 3.79. The number of nitrogens with one attached hydrogen (secondary N) is 1. The van der Waals surface area contributed by atoms with Gasteiger partial charge in [0.25, 0.3) is 0 Å². The molecule has 2 aromatic carbocycles. The second kappa shape index (κ2) is 7.23. The van der Waals surface area contributed by atoms with Gasteiger partial charge in [-0.25, -0.2) is 4.39 Å². The van der Waals surface area contributed by atoms with Gasteiger partial charge in [-0.1, -0.05) is 49.4 Å². The van der Waals surface area contributed by atoms with Crippen molar-refractivity contribution in [1.29, 1.82) is 0 Å². The minimum atomic E-state index is -0.279. The van der Waals surface area contributed by atoms with Crippen LogP contribution in [0.3, 0.4) is 0 Å². The van der Waals surface area contributed by atoms with Gasteiger partial charge in [0.05, 0.1) is 6.04 Å². The summed E-state index contributed by atoms with van der Waals surface area (Å²) in [4.78, 5) is 0. The number of rotatable bonds is 6. The summed E-state index contributed by atoms with van der Waals surface area (Å²) in [6.07, 6.45) is 0.655. The lowest BCUT2D eigenvalue weighted by Gasteiger charge is -2.27. The van der Waals surface area contributed by atoms with E-state index in [0.717, 1.165) is 12.0 Å². The molecule has 0 spiro atoms. The van der Waals surface area contributed by atoms with Gasteiger partial charge < -0.3 is 10.1 Å². The summed E-state index contributed by atoms with van der Waals surface area (Å²) < 4.78 is 20.1. The number of ether oxygens (including phenoxy) is 1. The van der Waals surface area contributed by atoms with E-state index in [-0.39, 0.29) is 18.0 Å². The Labute approximate surface area is 126 Å². The number of likely N-dealkylation sites (N-methyl/N-ethyl adjacent to an activating group) is 1. The van der Waals surface area contributed by atoms with Crippen LogP contribution >= 0.6 is 0 Å². The van der Waals surface area contributed by atoms with E-state index in [9.17, 15) is 4.39 Å².